The van der Waals surface area contributed by atoms with E-state index in [4.69, 9.17) is 4.74 Å². The Morgan fingerprint density at radius 1 is 1.05 bits per heavy atom. The van der Waals surface area contributed by atoms with E-state index in [1.54, 1.807) is 6.07 Å². The first-order valence-electron chi connectivity index (χ1n) is 6.62. The average molecular weight is 269 g/mol. The minimum atomic E-state index is 0.658. The number of hydrogen-bond acceptors (Lipinski definition) is 3. The molecule has 0 heterocycles. The summed E-state index contributed by atoms with van der Waals surface area (Å²) in [6.45, 7) is 1.54. The molecule has 0 spiro atoms. The molecule has 0 aliphatic rings. The first-order chi connectivity index (χ1) is 9.69. The number of aldehydes is 1. The predicted molar refractivity (Wildman–Crippen MR) is 81.3 cm³/mol. The van der Waals surface area contributed by atoms with Crippen LogP contribution >= 0.6 is 0 Å². The van der Waals surface area contributed by atoms with E-state index >= 15 is 0 Å². The highest BCUT2D eigenvalue weighted by Gasteiger charge is 2.01. The number of hydrogen-bond donors (Lipinski definition) is 0. The van der Waals surface area contributed by atoms with Gasteiger partial charge in [-0.25, -0.2) is 0 Å². The Morgan fingerprint density at radius 3 is 2.45 bits per heavy atom. The summed E-state index contributed by atoms with van der Waals surface area (Å²) in [5.41, 5.74) is 2.75. The molecule has 0 aromatic heterocycles. The summed E-state index contributed by atoms with van der Waals surface area (Å²) in [6.07, 6.45) is 0.862. The van der Waals surface area contributed by atoms with Crippen molar-refractivity contribution in [2.24, 2.45) is 0 Å². The van der Waals surface area contributed by atoms with E-state index in [1.165, 1.54) is 0 Å². The first-order valence-corrected chi connectivity index (χ1v) is 6.62. The van der Waals surface area contributed by atoms with Crippen LogP contribution in [0.1, 0.15) is 10.4 Å². The van der Waals surface area contributed by atoms with Gasteiger partial charge < -0.3 is 9.64 Å². The highest BCUT2D eigenvalue weighted by molar-refractivity contribution is 5.79. The maximum absolute atomic E-state index is 10.8. The lowest BCUT2D eigenvalue weighted by molar-refractivity contribution is 0.112. The molecule has 3 nitrogen and oxygen atoms in total. The molecule has 2 aromatic rings. The largest absolute Gasteiger partial charge is 0.492 e. The Kier molecular flexibility index (Phi) is 4.91. The van der Waals surface area contributed by atoms with Crippen molar-refractivity contribution in [3.8, 4) is 16.9 Å². The molecule has 0 fully saturated rings. The van der Waals surface area contributed by atoms with E-state index in [9.17, 15) is 4.79 Å². The Hall–Kier alpha value is -2.13. The zero-order valence-corrected chi connectivity index (χ0v) is 11.9. The maximum Gasteiger partial charge on any atom is 0.150 e. The zero-order valence-electron chi connectivity index (χ0n) is 11.9. The molecule has 20 heavy (non-hydrogen) atoms. The highest BCUT2D eigenvalue weighted by atomic mass is 16.5. The second kappa shape index (κ2) is 6.87. The van der Waals surface area contributed by atoms with Gasteiger partial charge in [-0.15, -0.1) is 0 Å². The summed E-state index contributed by atoms with van der Waals surface area (Å²) in [5.74, 6) is 0.848. The van der Waals surface area contributed by atoms with E-state index in [0.717, 1.165) is 29.7 Å². The van der Waals surface area contributed by atoms with Gasteiger partial charge in [0.05, 0.1) is 0 Å². The van der Waals surface area contributed by atoms with E-state index < -0.39 is 0 Å². The zero-order chi connectivity index (χ0) is 14.4. The monoisotopic (exact) mass is 269 g/mol. The Balaban J connectivity index is 2.14. The lowest BCUT2D eigenvalue weighted by Gasteiger charge is -2.12. The van der Waals surface area contributed by atoms with Gasteiger partial charge in [0.2, 0.25) is 0 Å². The molecular formula is C17H19NO2. The third kappa shape index (κ3) is 3.93. The molecule has 3 heteroatoms. The van der Waals surface area contributed by atoms with Gasteiger partial charge in [0.1, 0.15) is 18.6 Å². The van der Waals surface area contributed by atoms with Gasteiger partial charge in [0, 0.05) is 12.1 Å². The molecule has 0 amide bonds. The molecular weight excluding hydrogens is 250 g/mol. The fourth-order valence-electron chi connectivity index (χ4n) is 1.90. The topological polar surface area (TPSA) is 29.5 Å². The molecule has 0 saturated carbocycles. The van der Waals surface area contributed by atoms with E-state index in [2.05, 4.69) is 4.90 Å². The van der Waals surface area contributed by atoms with E-state index in [1.807, 2.05) is 56.6 Å². The van der Waals surface area contributed by atoms with Crippen LogP contribution in [0.5, 0.6) is 5.75 Å². The minimum Gasteiger partial charge on any atom is -0.492 e. The van der Waals surface area contributed by atoms with Crippen LogP contribution in [0, 0.1) is 0 Å². The van der Waals surface area contributed by atoms with Crippen LogP contribution in [0.15, 0.2) is 48.5 Å². The second-order valence-corrected chi connectivity index (χ2v) is 4.92. The molecule has 0 unspecified atom stereocenters. The van der Waals surface area contributed by atoms with Crippen LogP contribution in [0.2, 0.25) is 0 Å². The summed E-state index contributed by atoms with van der Waals surface area (Å²) in [7, 11) is 4.04. The van der Waals surface area contributed by atoms with Crippen molar-refractivity contribution < 1.29 is 9.53 Å². The lowest BCUT2D eigenvalue weighted by Crippen LogP contribution is -2.19. The van der Waals surface area contributed by atoms with Crippen LogP contribution in [0.3, 0.4) is 0 Å². The quantitative estimate of drug-likeness (QED) is 0.755. The summed E-state index contributed by atoms with van der Waals surface area (Å²) in [5, 5.41) is 0. The molecule has 0 saturated heterocycles. The molecule has 0 radical (unpaired) electrons. The fraction of sp³-hybridized carbons (Fsp3) is 0.235. The number of carbonyl (C=O) groups is 1. The van der Waals surface area contributed by atoms with Crippen LogP contribution in [0.25, 0.3) is 11.1 Å². The Bertz CT molecular complexity index is 579. The van der Waals surface area contributed by atoms with E-state index in [0.29, 0.717) is 12.2 Å². The summed E-state index contributed by atoms with van der Waals surface area (Å²) < 4.78 is 5.72. The molecule has 0 bridgehead atoms. The third-order valence-electron chi connectivity index (χ3n) is 3.00. The summed E-state index contributed by atoms with van der Waals surface area (Å²) >= 11 is 0. The maximum atomic E-state index is 10.8. The highest BCUT2D eigenvalue weighted by Crippen LogP contribution is 2.24. The fourth-order valence-corrected chi connectivity index (χ4v) is 1.90. The van der Waals surface area contributed by atoms with Crippen molar-refractivity contribution in [1.82, 2.24) is 4.90 Å². The second-order valence-electron chi connectivity index (χ2n) is 4.92. The molecule has 2 rings (SSSR count). The number of carbonyl (C=O) groups excluding carboxylic acids is 1. The van der Waals surface area contributed by atoms with Crippen molar-refractivity contribution in [2.75, 3.05) is 27.2 Å². The number of benzene rings is 2. The third-order valence-corrected chi connectivity index (χ3v) is 3.00. The van der Waals surface area contributed by atoms with Gasteiger partial charge in [-0.1, -0.05) is 30.3 Å². The number of ether oxygens (including phenoxy) is 1. The van der Waals surface area contributed by atoms with Crippen LogP contribution < -0.4 is 4.74 Å². The smallest absolute Gasteiger partial charge is 0.150 e. The first kappa shape index (κ1) is 14.3. The van der Waals surface area contributed by atoms with Gasteiger partial charge in [0.25, 0.3) is 0 Å². The SMILES string of the molecule is CN(C)CCOc1cccc(-c2cccc(C=O)c2)c1. The molecule has 0 aliphatic heterocycles. The summed E-state index contributed by atoms with van der Waals surface area (Å²) in [4.78, 5) is 12.9. The standard InChI is InChI=1S/C17H19NO2/c1-18(2)9-10-20-17-8-4-7-16(12-17)15-6-3-5-14(11-15)13-19/h3-8,11-13H,9-10H2,1-2H3. The summed E-state index contributed by atoms with van der Waals surface area (Å²) in [6, 6.07) is 15.5. The molecule has 2 aromatic carbocycles. The Labute approximate surface area is 119 Å². The minimum absolute atomic E-state index is 0.658. The van der Waals surface area contributed by atoms with Crippen molar-refractivity contribution in [2.45, 2.75) is 0 Å². The van der Waals surface area contributed by atoms with Crippen LogP contribution in [-0.4, -0.2) is 38.4 Å². The normalized spacial score (nSPS) is 10.6. The Morgan fingerprint density at radius 2 is 1.75 bits per heavy atom. The lowest BCUT2D eigenvalue weighted by atomic mass is 10.0. The van der Waals surface area contributed by atoms with Gasteiger partial charge in [0.15, 0.2) is 0 Å². The van der Waals surface area contributed by atoms with Gasteiger partial charge in [-0.2, -0.15) is 0 Å². The van der Waals surface area contributed by atoms with Gasteiger partial charge >= 0.3 is 0 Å². The molecule has 0 atom stereocenters. The molecule has 104 valence electrons. The van der Waals surface area contributed by atoms with Gasteiger partial charge in [-0.05, 0) is 43.4 Å². The average Bonchev–Trinajstić information content (AvgIpc) is 2.47. The van der Waals surface area contributed by atoms with Crippen molar-refractivity contribution in [3.05, 3.63) is 54.1 Å². The number of rotatable bonds is 6. The molecule has 0 aliphatic carbocycles. The molecule has 0 N–H and O–H groups in total. The van der Waals surface area contributed by atoms with Crippen LogP contribution in [0.4, 0.5) is 0 Å². The van der Waals surface area contributed by atoms with Crippen molar-refractivity contribution >= 4 is 6.29 Å². The van der Waals surface area contributed by atoms with E-state index in [-0.39, 0.29) is 0 Å². The van der Waals surface area contributed by atoms with Crippen LogP contribution in [-0.2, 0) is 0 Å². The van der Waals surface area contributed by atoms with Crippen molar-refractivity contribution in [3.63, 3.8) is 0 Å². The van der Waals surface area contributed by atoms with Gasteiger partial charge in [-0.3, -0.25) is 4.79 Å². The number of likely N-dealkylation sites (N-methyl/N-ethyl adjacent to an activating group) is 1. The number of nitrogens with zero attached hydrogens (tertiary/aromatic N) is 1. The van der Waals surface area contributed by atoms with Crippen molar-refractivity contribution in [1.29, 1.82) is 0 Å². The predicted octanol–water partition coefficient (Wildman–Crippen LogP) is 3.11.